The first-order valence-electron chi connectivity index (χ1n) is 3.29. The summed E-state index contributed by atoms with van der Waals surface area (Å²) < 4.78 is 0. The van der Waals surface area contributed by atoms with E-state index in [1.165, 1.54) is 0 Å². The second-order valence-corrected chi connectivity index (χ2v) is 3.43. The molecule has 9 heavy (non-hydrogen) atoms. The van der Waals surface area contributed by atoms with E-state index in [0.717, 1.165) is 5.92 Å². The van der Waals surface area contributed by atoms with Gasteiger partial charge in [0.1, 0.15) is 0 Å². The smallest absolute Gasteiger partial charge is 0.00139 e. The molecule has 0 saturated heterocycles. The molecule has 0 aromatic carbocycles. The minimum absolute atomic E-state index is 0.672. The molecule has 0 aromatic rings. The summed E-state index contributed by atoms with van der Waals surface area (Å²) in [6.45, 7) is 4.49. The quantitative estimate of drug-likeness (QED) is 0.539. The van der Waals surface area contributed by atoms with E-state index >= 15 is 0 Å². The van der Waals surface area contributed by atoms with Gasteiger partial charge >= 0.3 is 0 Å². The maximum atomic E-state index is 2.26. The molecular weight excluding hydrogens is 128 g/mol. The first kappa shape index (κ1) is 6.94. The minimum atomic E-state index is 0.672. The van der Waals surface area contributed by atoms with E-state index in [-0.39, 0.29) is 0 Å². The second kappa shape index (κ2) is 3.11. The van der Waals surface area contributed by atoms with Crippen LogP contribution in [-0.4, -0.2) is 0 Å². The Morgan fingerprint density at radius 1 is 1.22 bits per heavy atom. The lowest BCUT2D eigenvalue weighted by Crippen LogP contribution is -2.02. The molecule has 0 bridgehead atoms. The topological polar surface area (TPSA) is 0 Å². The molecule has 0 aromatic heterocycles. The zero-order chi connectivity index (χ0) is 6.69. The van der Waals surface area contributed by atoms with Crippen LogP contribution in [0.1, 0.15) is 13.8 Å². The normalized spacial score (nSPS) is 19.4. The van der Waals surface area contributed by atoms with E-state index in [2.05, 4.69) is 36.8 Å². The van der Waals surface area contributed by atoms with Crippen molar-refractivity contribution >= 4 is 11.8 Å². The van der Waals surface area contributed by atoms with Crippen molar-refractivity contribution < 1.29 is 0 Å². The van der Waals surface area contributed by atoms with Crippen LogP contribution in [0.3, 0.4) is 0 Å². The Labute approximate surface area is 61.0 Å². The zero-order valence-corrected chi connectivity index (χ0v) is 6.69. The summed E-state index contributed by atoms with van der Waals surface area (Å²) >= 11 is 1.75. The molecule has 0 spiro atoms. The number of hydrogen-bond acceptors (Lipinski definition) is 1. The number of allylic oxidation sites excluding steroid dienone is 2. The van der Waals surface area contributed by atoms with Gasteiger partial charge in [-0.25, -0.2) is 0 Å². The number of rotatable bonds is 1. The van der Waals surface area contributed by atoms with E-state index in [0.29, 0.717) is 5.92 Å². The molecule has 1 aliphatic heterocycles. The van der Waals surface area contributed by atoms with Gasteiger partial charge in [0.15, 0.2) is 0 Å². The highest BCUT2D eigenvalue weighted by Gasteiger charge is 2.06. The Morgan fingerprint density at radius 3 is 2.11 bits per heavy atom. The second-order valence-electron chi connectivity index (χ2n) is 2.61. The predicted molar refractivity (Wildman–Crippen MR) is 44.2 cm³/mol. The molecule has 1 rings (SSSR count). The summed E-state index contributed by atoms with van der Waals surface area (Å²) in [4.78, 5) is 0. The van der Waals surface area contributed by atoms with Crippen molar-refractivity contribution in [3.8, 4) is 0 Å². The molecule has 1 heterocycles. The predicted octanol–water partition coefficient (Wildman–Crippen LogP) is 3.03. The highest BCUT2D eigenvalue weighted by atomic mass is 32.2. The van der Waals surface area contributed by atoms with Crippen LogP contribution in [-0.2, 0) is 0 Å². The van der Waals surface area contributed by atoms with E-state index in [1.54, 1.807) is 11.8 Å². The Morgan fingerprint density at radius 2 is 1.78 bits per heavy atom. The summed E-state index contributed by atoms with van der Waals surface area (Å²) in [5.41, 5.74) is 0. The van der Waals surface area contributed by atoms with Gasteiger partial charge in [0.05, 0.1) is 0 Å². The van der Waals surface area contributed by atoms with Crippen LogP contribution >= 0.6 is 11.8 Å². The fourth-order valence-corrected chi connectivity index (χ4v) is 1.46. The minimum Gasteiger partial charge on any atom is -0.107 e. The third-order valence-corrected chi connectivity index (χ3v) is 2.16. The molecule has 0 aliphatic carbocycles. The van der Waals surface area contributed by atoms with Crippen molar-refractivity contribution in [2.45, 2.75) is 13.8 Å². The van der Waals surface area contributed by atoms with E-state index in [1.807, 2.05) is 0 Å². The Kier molecular flexibility index (Phi) is 2.40. The highest BCUT2D eigenvalue weighted by molar-refractivity contribution is 8.04. The lowest BCUT2D eigenvalue weighted by molar-refractivity contribution is 0.551. The highest BCUT2D eigenvalue weighted by Crippen LogP contribution is 2.22. The first-order valence-corrected chi connectivity index (χ1v) is 4.24. The van der Waals surface area contributed by atoms with Crippen LogP contribution in [0, 0.1) is 11.8 Å². The zero-order valence-electron chi connectivity index (χ0n) is 5.87. The summed E-state index contributed by atoms with van der Waals surface area (Å²) in [5, 5.41) is 4.31. The van der Waals surface area contributed by atoms with E-state index in [4.69, 9.17) is 0 Å². The Bertz CT molecular complexity index is 122. The summed E-state index contributed by atoms with van der Waals surface area (Å²) in [5.74, 6) is 1.42. The van der Waals surface area contributed by atoms with Crippen LogP contribution in [0.25, 0.3) is 0 Å². The van der Waals surface area contributed by atoms with Gasteiger partial charge < -0.3 is 0 Å². The standard InChI is InChI=1S/C8H12S/c1-7(2)8-3-5-9-6-4-8/h3-8H,1-2H3. The van der Waals surface area contributed by atoms with Crippen LogP contribution < -0.4 is 0 Å². The lowest BCUT2D eigenvalue weighted by atomic mass is 9.96. The molecule has 0 unspecified atom stereocenters. The van der Waals surface area contributed by atoms with Crippen LogP contribution in [0.2, 0.25) is 0 Å². The van der Waals surface area contributed by atoms with Gasteiger partial charge in [-0.3, -0.25) is 0 Å². The lowest BCUT2D eigenvalue weighted by Gasteiger charge is -2.13. The molecule has 0 saturated carbocycles. The average molecular weight is 140 g/mol. The molecule has 1 aliphatic rings. The van der Waals surface area contributed by atoms with Gasteiger partial charge in [-0.2, -0.15) is 0 Å². The van der Waals surface area contributed by atoms with Crippen LogP contribution in [0.15, 0.2) is 23.0 Å². The van der Waals surface area contributed by atoms with Crippen molar-refractivity contribution in [3.05, 3.63) is 23.0 Å². The molecule has 1 heteroatoms. The number of thioether (sulfide) groups is 1. The maximum Gasteiger partial charge on any atom is -0.00139 e. The third kappa shape index (κ3) is 1.90. The van der Waals surface area contributed by atoms with Crippen LogP contribution in [0.5, 0.6) is 0 Å². The van der Waals surface area contributed by atoms with Crippen molar-refractivity contribution in [3.63, 3.8) is 0 Å². The van der Waals surface area contributed by atoms with Gasteiger partial charge in [-0.15, -0.1) is 11.8 Å². The molecule has 0 atom stereocenters. The van der Waals surface area contributed by atoms with Gasteiger partial charge in [-0.05, 0) is 22.7 Å². The van der Waals surface area contributed by atoms with Gasteiger partial charge in [-0.1, -0.05) is 26.0 Å². The van der Waals surface area contributed by atoms with Gasteiger partial charge in [0.2, 0.25) is 0 Å². The summed E-state index contributed by atoms with van der Waals surface area (Å²) in [6, 6.07) is 0. The summed E-state index contributed by atoms with van der Waals surface area (Å²) in [6.07, 6.45) is 4.52. The van der Waals surface area contributed by atoms with Crippen molar-refractivity contribution in [2.24, 2.45) is 11.8 Å². The summed E-state index contributed by atoms with van der Waals surface area (Å²) in [7, 11) is 0. The van der Waals surface area contributed by atoms with Gasteiger partial charge in [0.25, 0.3) is 0 Å². The molecular formula is C8H12S. The fourth-order valence-electron chi connectivity index (χ4n) is 0.826. The van der Waals surface area contributed by atoms with Crippen LogP contribution in [0.4, 0.5) is 0 Å². The van der Waals surface area contributed by atoms with Crippen molar-refractivity contribution in [1.29, 1.82) is 0 Å². The van der Waals surface area contributed by atoms with E-state index < -0.39 is 0 Å². The Hall–Kier alpha value is -0.170. The monoisotopic (exact) mass is 140 g/mol. The SMILES string of the molecule is CC(C)C1C=CSC=C1. The Balaban J connectivity index is 2.49. The number of hydrogen-bond donors (Lipinski definition) is 0. The first-order chi connectivity index (χ1) is 4.30. The van der Waals surface area contributed by atoms with Crippen molar-refractivity contribution in [2.75, 3.05) is 0 Å². The largest absolute Gasteiger partial charge is 0.107 e. The van der Waals surface area contributed by atoms with Crippen molar-refractivity contribution in [1.82, 2.24) is 0 Å². The molecule has 0 nitrogen and oxygen atoms in total. The van der Waals surface area contributed by atoms with Gasteiger partial charge in [0, 0.05) is 0 Å². The third-order valence-electron chi connectivity index (χ3n) is 1.53. The molecule has 0 fully saturated rings. The molecule has 0 amide bonds. The molecule has 0 N–H and O–H groups in total. The van der Waals surface area contributed by atoms with E-state index in [9.17, 15) is 0 Å². The molecule has 50 valence electrons. The maximum absolute atomic E-state index is 2.26. The molecule has 0 radical (unpaired) electrons. The fraction of sp³-hybridized carbons (Fsp3) is 0.500. The average Bonchev–Trinajstić information content (AvgIpc) is 1.90.